The van der Waals surface area contributed by atoms with Gasteiger partial charge >= 0.3 is 0 Å². The fourth-order valence-corrected chi connectivity index (χ4v) is 2.13. The molecular formula is C18H26O. The molecule has 0 radical (unpaired) electrons. The van der Waals surface area contributed by atoms with Crippen LogP contribution in [0.1, 0.15) is 56.4 Å². The Hall–Kier alpha value is -1.34. The normalized spacial score (nSPS) is 14.6. The molecule has 0 aliphatic carbocycles. The van der Waals surface area contributed by atoms with Crippen molar-refractivity contribution in [3.63, 3.8) is 0 Å². The smallest absolute Gasteiger partial charge is 0.0829 e. The maximum Gasteiger partial charge on any atom is 0.0829 e. The standard InChI is InChI=1S/C18H26O/c1-6-7-9-13(2)15(4)12-18(19)17-11-8-10-14(3)16(17)5/h7-11,18-19H,6,12H2,1-5H3/b9-7-,15-13-. The second-order valence-corrected chi connectivity index (χ2v) is 5.28. The predicted octanol–water partition coefficient (Wildman–Crippen LogP) is 5.03. The number of hydrogen-bond acceptors (Lipinski definition) is 1. The first-order valence-electron chi connectivity index (χ1n) is 7.04. The lowest BCUT2D eigenvalue weighted by atomic mass is 9.94. The lowest BCUT2D eigenvalue weighted by Crippen LogP contribution is -2.02. The molecule has 0 bridgehead atoms. The van der Waals surface area contributed by atoms with Gasteiger partial charge in [0.15, 0.2) is 0 Å². The van der Waals surface area contributed by atoms with Crippen LogP contribution in [0, 0.1) is 13.8 Å². The van der Waals surface area contributed by atoms with Crippen molar-refractivity contribution >= 4 is 0 Å². The van der Waals surface area contributed by atoms with Crippen LogP contribution in [0.25, 0.3) is 0 Å². The average molecular weight is 258 g/mol. The third-order valence-electron chi connectivity index (χ3n) is 3.78. The van der Waals surface area contributed by atoms with Crippen molar-refractivity contribution in [2.24, 2.45) is 0 Å². The maximum absolute atomic E-state index is 10.4. The number of hydrogen-bond donors (Lipinski definition) is 1. The molecule has 0 aliphatic rings. The van der Waals surface area contributed by atoms with E-state index in [1.807, 2.05) is 12.1 Å². The van der Waals surface area contributed by atoms with Crippen molar-refractivity contribution in [3.8, 4) is 0 Å². The quantitative estimate of drug-likeness (QED) is 0.734. The molecule has 1 N–H and O–H groups in total. The third kappa shape index (κ3) is 4.36. The van der Waals surface area contributed by atoms with Gasteiger partial charge in [0.05, 0.1) is 6.10 Å². The van der Waals surface area contributed by atoms with Crippen LogP contribution < -0.4 is 0 Å². The summed E-state index contributed by atoms with van der Waals surface area (Å²) in [4.78, 5) is 0. The molecule has 104 valence electrons. The summed E-state index contributed by atoms with van der Waals surface area (Å²) in [7, 11) is 0. The van der Waals surface area contributed by atoms with Gasteiger partial charge in [0.25, 0.3) is 0 Å². The Morgan fingerprint density at radius 3 is 2.58 bits per heavy atom. The summed E-state index contributed by atoms with van der Waals surface area (Å²) in [6.45, 7) is 10.5. The SMILES string of the molecule is CC/C=C\C(C)=C(\C)CC(O)c1cccc(C)c1C. The third-order valence-corrected chi connectivity index (χ3v) is 3.78. The van der Waals surface area contributed by atoms with E-state index in [1.54, 1.807) is 0 Å². The lowest BCUT2D eigenvalue weighted by molar-refractivity contribution is 0.177. The summed E-state index contributed by atoms with van der Waals surface area (Å²) < 4.78 is 0. The van der Waals surface area contributed by atoms with E-state index in [1.165, 1.54) is 22.3 Å². The molecule has 0 fully saturated rings. The Bertz CT molecular complexity index is 480. The van der Waals surface area contributed by atoms with Crippen LogP contribution >= 0.6 is 0 Å². The molecule has 1 nitrogen and oxygen atoms in total. The van der Waals surface area contributed by atoms with Crippen LogP contribution in [0.5, 0.6) is 0 Å². The molecule has 1 unspecified atom stereocenters. The van der Waals surface area contributed by atoms with E-state index in [4.69, 9.17) is 0 Å². The minimum absolute atomic E-state index is 0.412. The number of allylic oxidation sites excluding steroid dienone is 3. The first kappa shape index (κ1) is 15.7. The van der Waals surface area contributed by atoms with Gasteiger partial charge in [0.1, 0.15) is 0 Å². The van der Waals surface area contributed by atoms with Gasteiger partial charge in [-0.1, -0.05) is 48.4 Å². The summed E-state index contributed by atoms with van der Waals surface area (Å²) in [5.74, 6) is 0. The molecule has 0 aromatic heterocycles. The van der Waals surface area contributed by atoms with E-state index < -0.39 is 6.10 Å². The highest BCUT2D eigenvalue weighted by molar-refractivity contribution is 5.35. The van der Waals surface area contributed by atoms with Crippen LogP contribution in [0.15, 0.2) is 41.5 Å². The van der Waals surface area contributed by atoms with Crippen molar-refractivity contribution in [3.05, 3.63) is 58.2 Å². The molecule has 0 aliphatic heterocycles. The lowest BCUT2D eigenvalue weighted by Gasteiger charge is -2.16. The molecule has 0 amide bonds. The number of aliphatic hydroxyl groups excluding tert-OH is 1. The molecule has 0 saturated carbocycles. The predicted molar refractivity (Wildman–Crippen MR) is 83.3 cm³/mol. The first-order chi connectivity index (χ1) is 8.97. The molecule has 1 atom stereocenters. The molecule has 1 rings (SSSR count). The van der Waals surface area contributed by atoms with Crippen LogP contribution in [0.2, 0.25) is 0 Å². The van der Waals surface area contributed by atoms with Crippen molar-refractivity contribution in [1.82, 2.24) is 0 Å². The van der Waals surface area contributed by atoms with Crippen LogP contribution in [0.3, 0.4) is 0 Å². The van der Waals surface area contributed by atoms with E-state index in [2.05, 4.69) is 52.8 Å². The molecule has 1 aromatic rings. The maximum atomic E-state index is 10.4. The van der Waals surface area contributed by atoms with Gasteiger partial charge in [-0.3, -0.25) is 0 Å². The molecule has 1 aromatic carbocycles. The van der Waals surface area contributed by atoms with Gasteiger partial charge in [-0.15, -0.1) is 0 Å². The molecule has 1 heteroatoms. The van der Waals surface area contributed by atoms with E-state index in [-0.39, 0.29) is 0 Å². The van der Waals surface area contributed by atoms with Crippen molar-refractivity contribution in [2.75, 3.05) is 0 Å². The molecule has 0 spiro atoms. The topological polar surface area (TPSA) is 20.2 Å². The highest BCUT2D eigenvalue weighted by Crippen LogP contribution is 2.26. The monoisotopic (exact) mass is 258 g/mol. The van der Waals surface area contributed by atoms with Crippen molar-refractivity contribution in [1.29, 1.82) is 0 Å². The van der Waals surface area contributed by atoms with Crippen LogP contribution in [-0.2, 0) is 0 Å². The van der Waals surface area contributed by atoms with Crippen molar-refractivity contribution < 1.29 is 5.11 Å². The van der Waals surface area contributed by atoms with E-state index >= 15 is 0 Å². The zero-order valence-corrected chi connectivity index (χ0v) is 12.8. The Labute approximate surface area is 117 Å². The largest absolute Gasteiger partial charge is 0.388 e. The molecular weight excluding hydrogens is 232 g/mol. The Morgan fingerprint density at radius 1 is 1.26 bits per heavy atom. The van der Waals surface area contributed by atoms with Gasteiger partial charge in [-0.25, -0.2) is 0 Å². The second kappa shape index (κ2) is 7.30. The van der Waals surface area contributed by atoms with E-state index in [0.717, 1.165) is 12.0 Å². The van der Waals surface area contributed by atoms with E-state index in [0.29, 0.717) is 6.42 Å². The van der Waals surface area contributed by atoms with Gasteiger partial charge in [-0.05, 0) is 57.2 Å². The number of aryl methyl sites for hydroxylation is 1. The summed E-state index contributed by atoms with van der Waals surface area (Å²) in [6, 6.07) is 6.13. The molecule has 0 saturated heterocycles. The number of rotatable bonds is 5. The van der Waals surface area contributed by atoms with Crippen molar-refractivity contribution in [2.45, 2.75) is 53.6 Å². The number of benzene rings is 1. The summed E-state index contributed by atoms with van der Waals surface area (Å²) >= 11 is 0. The fourth-order valence-electron chi connectivity index (χ4n) is 2.13. The Balaban J connectivity index is 2.88. The van der Waals surface area contributed by atoms with Gasteiger partial charge in [0.2, 0.25) is 0 Å². The fraction of sp³-hybridized carbons (Fsp3) is 0.444. The summed E-state index contributed by atoms with van der Waals surface area (Å²) in [5.41, 5.74) is 5.99. The molecule has 19 heavy (non-hydrogen) atoms. The minimum Gasteiger partial charge on any atom is -0.388 e. The highest BCUT2D eigenvalue weighted by atomic mass is 16.3. The van der Waals surface area contributed by atoms with Crippen LogP contribution in [-0.4, -0.2) is 5.11 Å². The summed E-state index contributed by atoms with van der Waals surface area (Å²) in [5, 5.41) is 10.4. The second-order valence-electron chi connectivity index (χ2n) is 5.28. The minimum atomic E-state index is -0.412. The van der Waals surface area contributed by atoms with Crippen LogP contribution in [0.4, 0.5) is 0 Å². The van der Waals surface area contributed by atoms with Gasteiger partial charge in [-0.2, -0.15) is 0 Å². The van der Waals surface area contributed by atoms with Gasteiger partial charge in [0, 0.05) is 0 Å². The Morgan fingerprint density at radius 2 is 1.95 bits per heavy atom. The Kier molecular flexibility index (Phi) is 6.04. The average Bonchev–Trinajstić information content (AvgIpc) is 2.38. The zero-order valence-electron chi connectivity index (χ0n) is 12.8. The zero-order chi connectivity index (χ0) is 14.4. The summed E-state index contributed by atoms with van der Waals surface area (Å²) in [6.07, 6.45) is 5.63. The van der Waals surface area contributed by atoms with E-state index in [9.17, 15) is 5.11 Å². The number of aliphatic hydroxyl groups is 1. The first-order valence-corrected chi connectivity index (χ1v) is 7.04. The van der Waals surface area contributed by atoms with Gasteiger partial charge < -0.3 is 5.11 Å². The molecule has 0 heterocycles. The highest BCUT2D eigenvalue weighted by Gasteiger charge is 2.12.